The minimum absolute atomic E-state index is 0.0649. The fourth-order valence-electron chi connectivity index (χ4n) is 1.72. The van der Waals surface area contributed by atoms with Crippen LogP contribution < -0.4 is 16.0 Å². The number of aryl methyl sites for hydroxylation is 1. The fourth-order valence-corrected chi connectivity index (χ4v) is 1.94. The third kappa shape index (κ3) is 7.58. The number of anilines is 2. The van der Waals surface area contributed by atoms with Crippen LogP contribution in [0.5, 0.6) is 0 Å². The molecule has 25 heavy (non-hydrogen) atoms. The second kappa shape index (κ2) is 10.2. The van der Waals surface area contributed by atoms with Crippen molar-refractivity contribution in [2.75, 3.05) is 17.2 Å². The molecule has 0 atom stereocenters. The lowest BCUT2D eigenvalue weighted by Crippen LogP contribution is -2.33. The van der Waals surface area contributed by atoms with Crippen LogP contribution in [0.15, 0.2) is 30.4 Å². The number of hydrogen-bond donors (Lipinski definition) is 3. The number of carbonyl (C=O) groups excluding carboxylic acids is 3. The average molecular weight is 363 g/mol. The minimum atomic E-state index is -0.605. The van der Waals surface area contributed by atoms with E-state index >= 15 is 0 Å². The van der Waals surface area contributed by atoms with Crippen molar-refractivity contribution in [3.8, 4) is 0 Å². The van der Waals surface area contributed by atoms with Crippen LogP contribution in [0, 0.1) is 6.92 Å². The van der Waals surface area contributed by atoms with Gasteiger partial charge in [-0.25, -0.2) is 4.79 Å². The number of carbonyl (C=O) groups is 3. The SMILES string of the molecule is CCOC(=O)/C=C/C(=O)NC(=S)Nc1ccc(C)c(NC(=O)CC)c1. The molecule has 3 N–H and O–H groups in total. The van der Waals surface area contributed by atoms with Crippen molar-refractivity contribution in [1.82, 2.24) is 5.32 Å². The van der Waals surface area contributed by atoms with Gasteiger partial charge in [-0.05, 0) is 43.8 Å². The summed E-state index contributed by atoms with van der Waals surface area (Å²) < 4.78 is 4.67. The summed E-state index contributed by atoms with van der Waals surface area (Å²) >= 11 is 5.05. The first kappa shape index (κ1) is 20.3. The van der Waals surface area contributed by atoms with Crippen molar-refractivity contribution in [2.45, 2.75) is 27.2 Å². The molecule has 0 saturated carbocycles. The van der Waals surface area contributed by atoms with Crippen molar-refractivity contribution in [1.29, 1.82) is 0 Å². The van der Waals surface area contributed by atoms with E-state index in [-0.39, 0.29) is 17.6 Å². The number of thiocarbonyl (C=S) groups is 1. The molecule has 2 amide bonds. The van der Waals surface area contributed by atoms with Gasteiger partial charge in [0.1, 0.15) is 0 Å². The molecule has 0 aromatic heterocycles. The average Bonchev–Trinajstić information content (AvgIpc) is 2.56. The van der Waals surface area contributed by atoms with Gasteiger partial charge < -0.3 is 15.4 Å². The van der Waals surface area contributed by atoms with Gasteiger partial charge >= 0.3 is 5.97 Å². The zero-order chi connectivity index (χ0) is 18.8. The minimum Gasteiger partial charge on any atom is -0.463 e. The Bertz CT molecular complexity index is 701. The summed E-state index contributed by atoms with van der Waals surface area (Å²) in [5, 5.41) is 8.11. The van der Waals surface area contributed by atoms with Gasteiger partial charge in [-0.3, -0.25) is 14.9 Å². The highest BCUT2D eigenvalue weighted by atomic mass is 32.1. The Balaban J connectivity index is 2.65. The monoisotopic (exact) mass is 363 g/mol. The first-order valence-corrected chi connectivity index (χ1v) is 8.13. The third-order valence-corrected chi connectivity index (χ3v) is 3.19. The van der Waals surface area contributed by atoms with Gasteiger partial charge in [0, 0.05) is 29.9 Å². The van der Waals surface area contributed by atoms with Crippen LogP contribution >= 0.6 is 12.2 Å². The van der Waals surface area contributed by atoms with Crippen molar-refractivity contribution in [3.05, 3.63) is 35.9 Å². The Morgan fingerprint density at radius 2 is 1.88 bits per heavy atom. The van der Waals surface area contributed by atoms with Crippen molar-refractivity contribution >= 4 is 46.5 Å². The van der Waals surface area contributed by atoms with E-state index in [0.29, 0.717) is 17.8 Å². The molecule has 0 fully saturated rings. The molecule has 7 nitrogen and oxygen atoms in total. The van der Waals surface area contributed by atoms with E-state index in [2.05, 4.69) is 20.7 Å². The predicted molar refractivity (Wildman–Crippen MR) is 100 cm³/mol. The van der Waals surface area contributed by atoms with Crippen LogP contribution in [0.2, 0.25) is 0 Å². The number of hydrogen-bond acceptors (Lipinski definition) is 5. The summed E-state index contributed by atoms with van der Waals surface area (Å²) in [7, 11) is 0. The van der Waals surface area contributed by atoms with E-state index in [1.807, 2.05) is 13.0 Å². The molecule has 0 spiro atoms. The lowest BCUT2D eigenvalue weighted by atomic mass is 10.1. The number of benzene rings is 1. The van der Waals surface area contributed by atoms with Crippen molar-refractivity contribution in [3.63, 3.8) is 0 Å². The number of amides is 2. The highest BCUT2D eigenvalue weighted by Crippen LogP contribution is 2.20. The summed E-state index contributed by atoms with van der Waals surface area (Å²) in [5.74, 6) is -1.26. The van der Waals surface area contributed by atoms with E-state index in [9.17, 15) is 14.4 Å². The molecule has 0 unspecified atom stereocenters. The maximum atomic E-state index is 11.7. The molecule has 0 saturated heterocycles. The number of nitrogens with one attached hydrogen (secondary N) is 3. The summed E-state index contributed by atoms with van der Waals surface area (Å²) in [6.45, 7) is 5.54. The molecule has 134 valence electrons. The normalized spacial score (nSPS) is 10.2. The molecule has 1 rings (SSSR count). The van der Waals surface area contributed by atoms with E-state index in [1.165, 1.54) is 0 Å². The Kier molecular flexibility index (Phi) is 8.28. The number of rotatable bonds is 6. The van der Waals surface area contributed by atoms with Crippen LogP contribution in [0.3, 0.4) is 0 Å². The summed E-state index contributed by atoms with van der Waals surface area (Å²) in [5.41, 5.74) is 2.17. The van der Waals surface area contributed by atoms with E-state index < -0.39 is 11.9 Å². The number of ether oxygens (including phenoxy) is 1. The quantitative estimate of drug-likeness (QED) is 0.408. The van der Waals surface area contributed by atoms with Crippen LogP contribution in [0.25, 0.3) is 0 Å². The molecule has 0 aliphatic heterocycles. The fraction of sp³-hybridized carbons (Fsp3) is 0.294. The largest absolute Gasteiger partial charge is 0.463 e. The summed E-state index contributed by atoms with van der Waals surface area (Å²) in [4.78, 5) is 34.3. The molecule has 8 heteroatoms. The molecule has 0 bridgehead atoms. The van der Waals surface area contributed by atoms with Crippen LogP contribution in [0.1, 0.15) is 25.8 Å². The topological polar surface area (TPSA) is 96.5 Å². The number of esters is 1. The van der Waals surface area contributed by atoms with Crippen molar-refractivity contribution < 1.29 is 19.1 Å². The smallest absolute Gasteiger partial charge is 0.330 e. The molecule has 0 heterocycles. The Labute approximate surface area is 151 Å². The zero-order valence-corrected chi connectivity index (χ0v) is 15.2. The van der Waals surface area contributed by atoms with E-state index in [0.717, 1.165) is 17.7 Å². The second-order valence-electron chi connectivity index (χ2n) is 4.96. The van der Waals surface area contributed by atoms with E-state index in [1.54, 1.807) is 26.0 Å². The molecule has 1 aromatic rings. The van der Waals surface area contributed by atoms with Crippen LogP contribution in [0.4, 0.5) is 11.4 Å². The van der Waals surface area contributed by atoms with Gasteiger partial charge in [-0.1, -0.05) is 13.0 Å². The molecule has 0 radical (unpaired) electrons. The maximum Gasteiger partial charge on any atom is 0.330 e. The third-order valence-electron chi connectivity index (χ3n) is 2.98. The standard InChI is InChI=1S/C17H21N3O4S/c1-4-14(21)19-13-10-12(7-6-11(13)3)18-17(25)20-15(22)8-9-16(23)24-5-2/h6-10H,4-5H2,1-3H3,(H,19,21)(H2,18,20,22,25)/b9-8+. The lowest BCUT2D eigenvalue weighted by Gasteiger charge is -2.12. The molecule has 0 aliphatic rings. The van der Waals surface area contributed by atoms with Crippen molar-refractivity contribution in [2.24, 2.45) is 0 Å². The molecular weight excluding hydrogens is 342 g/mol. The zero-order valence-electron chi connectivity index (χ0n) is 14.3. The predicted octanol–water partition coefficient (Wildman–Crippen LogP) is 2.28. The maximum absolute atomic E-state index is 11.7. The Hall–Kier alpha value is -2.74. The Morgan fingerprint density at radius 1 is 1.16 bits per heavy atom. The van der Waals surface area contributed by atoms with Gasteiger partial charge in [-0.2, -0.15) is 0 Å². The first-order chi connectivity index (χ1) is 11.8. The van der Waals surface area contributed by atoms with Gasteiger partial charge in [0.15, 0.2) is 5.11 Å². The van der Waals surface area contributed by atoms with Gasteiger partial charge in [0.05, 0.1) is 6.61 Å². The lowest BCUT2D eigenvalue weighted by molar-refractivity contribution is -0.137. The summed E-state index contributed by atoms with van der Waals surface area (Å²) in [6.07, 6.45) is 2.43. The molecule has 1 aromatic carbocycles. The van der Waals surface area contributed by atoms with Crippen LogP contribution in [-0.4, -0.2) is 29.5 Å². The van der Waals surface area contributed by atoms with Gasteiger partial charge in [-0.15, -0.1) is 0 Å². The molecular formula is C17H21N3O4S. The van der Waals surface area contributed by atoms with E-state index in [4.69, 9.17) is 12.2 Å². The Morgan fingerprint density at radius 3 is 2.52 bits per heavy atom. The van der Waals surface area contributed by atoms with Crippen LogP contribution in [-0.2, 0) is 19.1 Å². The molecule has 0 aliphatic carbocycles. The first-order valence-electron chi connectivity index (χ1n) is 7.73. The second-order valence-corrected chi connectivity index (χ2v) is 5.37. The highest BCUT2D eigenvalue weighted by Gasteiger charge is 2.07. The highest BCUT2D eigenvalue weighted by molar-refractivity contribution is 7.80. The van der Waals surface area contributed by atoms with Gasteiger partial charge in [0.25, 0.3) is 0 Å². The van der Waals surface area contributed by atoms with Gasteiger partial charge in [0.2, 0.25) is 11.8 Å². The summed E-state index contributed by atoms with van der Waals surface area (Å²) in [6, 6.07) is 5.30.